The van der Waals surface area contributed by atoms with Crippen LogP contribution in [0.15, 0.2) is 24.3 Å². The highest BCUT2D eigenvalue weighted by molar-refractivity contribution is 6.33. The van der Waals surface area contributed by atoms with E-state index in [0.29, 0.717) is 23.8 Å². The first kappa shape index (κ1) is 20.6. The van der Waals surface area contributed by atoms with Crippen LogP contribution in [0.3, 0.4) is 0 Å². The maximum atomic E-state index is 13.0. The molecule has 6 nitrogen and oxygen atoms in total. The lowest BCUT2D eigenvalue weighted by atomic mass is 9.79. The van der Waals surface area contributed by atoms with Crippen molar-refractivity contribution in [3.8, 4) is 0 Å². The molecule has 1 aliphatic carbocycles. The first-order valence-electron chi connectivity index (χ1n) is 10.7. The van der Waals surface area contributed by atoms with E-state index in [0.717, 1.165) is 39.1 Å². The molecule has 2 heterocycles. The number of rotatable bonds is 5. The molecule has 1 N–H and O–H groups in total. The summed E-state index contributed by atoms with van der Waals surface area (Å²) < 4.78 is 5.53. The Kier molecular flexibility index (Phi) is 6.42. The molecular formula is C22H30ClN3O3. The third kappa shape index (κ3) is 4.44. The summed E-state index contributed by atoms with van der Waals surface area (Å²) >= 11 is 6.25. The molecule has 1 unspecified atom stereocenters. The van der Waals surface area contributed by atoms with Crippen LogP contribution in [0.4, 0.5) is 5.69 Å². The second kappa shape index (κ2) is 9.02. The van der Waals surface area contributed by atoms with Crippen LogP contribution in [0.1, 0.15) is 38.5 Å². The lowest BCUT2D eigenvalue weighted by Gasteiger charge is -2.48. The van der Waals surface area contributed by atoms with Gasteiger partial charge in [-0.05, 0) is 25.0 Å². The topological polar surface area (TPSA) is 61.9 Å². The van der Waals surface area contributed by atoms with Crippen molar-refractivity contribution < 1.29 is 14.3 Å². The van der Waals surface area contributed by atoms with Gasteiger partial charge in [-0.3, -0.25) is 14.5 Å². The first-order chi connectivity index (χ1) is 14.1. The van der Waals surface area contributed by atoms with Crippen molar-refractivity contribution in [1.29, 1.82) is 0 Å². The van der Waals surface area contributed by atoms with Crippen molar-refractivity contribution in [3.63, 3.8) is 0 Å². The molecule has 1 saturated carbocycles. The second-order valence-electron chi connectivity index (χ2n) is 8.46. The molecule has 3 aliphatic rings. The molecule has 1 aromatic carbocycles. The normalized spacial score (nSPS) is 25.2. The molecule has 0 aromatic heterocycles. The third-order valence-corrected chi connectivity index (χ3v) is 7.02. The summed E-state index contributed by atoms with van der Waals surface area (Å²) in [7, 11) is 0. The summed E-state index contributed by atoms with van der Waals surface area (Å²) in [4.78, 5) is 29.6. The quantitative estimate of drug-likeness (QED) is 0.797. The van der Waals surface area contributed by atoms with Crippen LogP contribution in [0.2, 0.25) is 5.02 Å². The van der Waals surface area contributed by atoms with Crippen molar-refractivity contribution in [2.75, 3.05) is 44.3 Å². The predicted octanol–water partition coefficient (Wildman–Crippen LogP) is 2.84. The molecule has 158 valence electrons. The van der Waals surface area contributed by atoms with Gasteiger partial charge in [0.1, 0.15) is 0 Å². The fourth-order valence-corrected chi connectivity index (χ4v) is 5.27. The van der Waals surface area contributed by atoms with E-state index < -0.39 is 0 Å². The molecule has 2 aliphatic heterocycles. The summed E-state index contributed by atoms with van der Waals surface area (Å²) in [6.45, 7) is 4.43. The minimum atomic E-state index is -0.330. The number of para-hydroxylation sites is 1. The van der Waals surface area contributed by atoms with Gasteiger partial charge in [0, 0.05) is 38.1 Å². The van der Waals surface area contributed by atoms with Gasteiger partial charge in [0.15, 0.2) is 0 Å². The van der Waals surface area contributed by atoms with Crippen molar-refractivity contribution in [2.24, 2.45) is 5.92 Å². The summed E-state index contributed by atoms with van der Waals surface area (Å²) in [6, 6.07) is 7.30. The van der Waals surface area contributed by atoms with Crippen LogP contribution >= 0.6 is 11.6 Å². The lowest BCUT2D eigenvalue weighted by Crippen LogP contribution is -2.60. The van der Waals surface area contributed by atoms with Crippen molar-refractivity contribution in [3.05, 3.63) is 29.3 Å². The van der Waals surface area contributed by atoms with Gasteiger partial charge >= 0.3 is 0 Å². The van der Waals surface area contributed by atoms with Gasteiger partial charge in [-0.15, -0.1) is 0 Å². The molecule has 2 saturated heterocycles. The molecule has 3 fully saturated rings. The van der Waals surface area contributed by atoms with Crippen molar-refractivity contribution in [1.82, 2.24) is 10.2 Å². The number of carbonyl (C=O) groups is 2. The summed E-state index contributed by atoms with van der Waals surface area (Å²) in [5.41, 5.74) is 0.717. The van der Waals surface area contributed by atoms with Crippen molar-refractivity contribution in [2.45, 2.75) is 44.1 Å². The number of benzene rings is 1. The van der Waals surface area contributed by atoms with E-state index in [1.165, 1.54) is 19.3 Å². The van der Waals surface area contributed by atoms with Crippen LogP contribution < -0.4 is 10.2 Å². The minimum Gasteiger partial charge on any atom is -0.379 e. The monoisotopic (exact) mass is 419 g/mol. The highest BCUT2D eigenvalue weighted by Crippen LogP contribution is 2.35. The van der Waals surface area contributed by atoms with Crippen LogP contribution in [0.5, 0.6) is 0 Å². The van der Waals surface area contributed by atoms with E-state index in [2.05, 4.69) is 10.2 Å². The van der Waals surface area contributed by atoms with Gasteiger partial charge in [-0.2, -0.15) is 0 Å². The van der Waals surface area contributed by atoms with Crippen molar-refractivity contribution >= 4 is 29.1 Å². The summed E-state index contributed by atoms with van der Waals surface area (Å²) in [6.07, 6.45) is 6.14. The molecule has 7 heteroatoms. The Balaban J connectivity index is 1.39. The SMILES string of the molecule is O=C(NCC1(N2CCOCC2)CCCCC1)C1CC(=O)N(c2ccccc2Cl)C1. The van der Waals surface area contributed by atoms with E-state index >= 15 is 0 Å². The Morgan fingerprint density at radius 3 is 2.62 bits per heavy atom. The van der Waals surface area contributed by atoms with Gasteiger partial charge in [-0.25, -0.2) is 0 Å². The molecule has 4 rings (SSSR count). The highest BCUT2D eigenvalue weighted by atomic mass is 35.5. The van der Waals surface area contributed by atoms with E-state index in [-0.39, 0.29) is 29.7 Å². The number of carbonyl (C=O) groups excluding carboxylic acids is 2. The van der Waals surface area contributed by atoms with E-state index in [1.807, 2.05) is 18.2 Å². The largest absolute Gasteiger partial charge is 0.379 e. The predicted molar refractivity (Wildman–Crippen MR) is 113 cm³/mol. The number of anilines is 1. The average Bonchev–Trinajstić information content (AvgIpc) is 3.15. The van der Waals surface area contributed by atoms with E-state index in [4.69, 9.17) is 16.3 Å². The summed E-state index contributed by atoms with van der Waals surface area (Å²) in [5, 5.41) is 3.74. The zero-order chi connectivity index (χ0) is 20.3. The second-order valence-corrected chi connectivity index (χ2v) is 8.87. The van der Waals surface area contributed by atoms with Gasteiger partial charge in [-0.1, -0.05) is 43.0 Å². The van der Waals surface area contributed by atoms with Crippen LogP contribution in [0.25, 0.3) is 0 Å². The molecule has 1 aromatic rings. The number of hydrogen-bond donors (Lipinski definition) is 1. The van der Waals surface area contributed by atoms with Crippen LogP contribution in [0, 0.1) is 5.92 Å². The Labute approximate surface area is 177 Å². The highest BCUT2D eigenvalue weighted by Gasteiger charge is 2.41. The molecule has 29 heavy (non-hydrogen) atoms. The minimum absolute atomic E-state index is 0.0221. The maximum absolute atomic E-state index is 13.0. The molecule has 0 spiro atoms. The zero-order valence-electron chi connectivity index (χ0n) is 16.9. The number of amides is 2. The molecule has 0 bridgehead atoms. The molecule has 2 amide bonds. The number of nitrogens with zero attached hydrogens (tertiary/aromatic N) is 2. The molecule has 0 radical (unpaired) electrons. The number of morpholine rings is 1. The van der Waals surface area contributed by atoms with Gasteiger partial charge in [0.05, 0.1) is 29.8 Å². The van der Waals surface area contributed by atoms with E-state index in [1.54, 1.807) is 11.0 Å². The van der Waals surface area contributed by atoms with Crippen LogP contribution in [-0.2, 0) is 14.3 Å². The molecule has 1 atom stereocenters. The standard InChI is InChI=1S/C22H30ClN3O3/c23-18-6-2-3-7-19(18)26-15-17(14-20(26)27)21(28)24-16-22(8-4-1-5-9-22)25-10-12-29-13-11-25/h2-3,6-7,17H,1,4-5,8-16H2,(H,24,28). The third-order valence-electron chi connectivity index (χ3n) is 6.70. The Hall–Kier alpha value is -1.63. The van der Waals surface area contributed by atoms with Gasteiger partial charge in [0.2, 0.25) is 11.8 Å². The first-order valence-corrected chi connectivity index (χ1v) is 11.1. The Morgan fingerprint density at radius 2 is 1.90 bits per heavy atom. The van der Waals surface area contributed by atoms with Crippen LogP contribution in [-0.4, -0.2) is 61.6 Å². The van der Waals surface area contributed by atoms with Gasteiger partial charge in [0.25, 0.3) is 0 Å². The smallest absolute Gasteiger partial charge is 0.227 e. The number of hydrogen-bond acceptors (Lipinski definition) is 4. The lowest BCUT2D eigenvalue weighted by molar-refractivity contribution is -0.127. The average molecular weight is 420 g/mol. The Bertz CT molecular complexity index is 745. The van der Waals surface area contributed by atoms with E-state index in [9.17, 15) is 9.59 Å². The summed E-state index contributed by atoms with van der Waals surface area (Å²) in [5.74, 6) is -0.394. The van der Waals surface area contributed by atoms with Gasteiger partial charge < -0.3 is 15.0 Å². The zero-order valence-corrected chi connectivity index (χ0v) is 17.6. The maximum Gasteiger partial charge on any atom is 0.227 e. The number of nitrogens with one attached hydrogen (secondary N) is 1. The fourth-order valence-electron chi connectivity index (χ4n) is 5.04. The number of halogens is 1. The Morgan fingerprint density at radius 1 is 1.17 bits per heavy atom. The number of ether oxygens (including phenoxy) is 1. The molecular weight excluding hydrogens is 390 g/mol. The fraction of sp³-hybridized carbons (Fsp3) is 0.636.